The molecule has 10 rings (SSSR count). The first-order valence-electron chi connectivity index (χ1n) is 14.1. The summed E-state index contributed by atoms with van der Waals surface area (Å²) in [6.07, 6.45) is 6.37. The van der Waals surface area contributed by atoms with Crippen LogP contribution < -0.4 is 0 Å². The van der Waals surface area contributed by atoms with Crippen LogP contribution in [0, 0.1) is 30.6 Å². The number of allylic oxidation sites excluding steroid dienone is 4. The number of carbonyl (C=O) groups excluding carboxylic acids is 2. The lowest BCUT2D eigenvalue weighted by molar-refractivity contribution is -0.131. The SMILES string of the molecule is CCc1ccc(C)c2cc3cc4c(cc3cc12)C1C2=C(C(=O)C3C5C=CC(C5)C3C2=O)C4c2ccccc21. The Labute approximate surface area is 222 Å². The van der Waals surface area contributed by atoms with Gasteiger partial charge in [0.05, 0.1) is 0 Å². The third-order valence-electron chi connectivity index (χ3n) is 10.6. The van der Waals surface area contributed by atoms with Gasteiger partial charge in [-0.25, -0.2) is 0 Å². The molecule has 0 amide bonds. The van der Waals surface area contributed by atoms with Crippen molar-refractivity contribution in [2.75, 3.05) is 0 Å². The standard InChI is InChI=1S/C36H28O2/c1-3-18-9-8-17(2)25-13-21-15-27-28(16-22(21)14-26(18)25)32-24-7-5-4-6-23(24)31(27)33-34(32)36(38)30-20-11-10-19(12-20)29(30)35(33)37/h4-11,13-16,19-20,29-32H,3,12H2,1-2H3. The maximum atomic E-state index is 14.3. The molecule has 0 heterocycles. The summed E-state index contributed by atoms with van der Waals surface area (Å²) in [4.78, 5) is 28.6. The van der Waals surface area contributed by atoms with E-state index >= 15 is 0 Å². The molecular formula is C36H28O2. The topological polar surface area (TPSA) is 34.1 Å². The van der Waals surface area contributed by atoms with Gasteiger partial charge in [0.15, 0.2) is 11.6 Å². The molecule has 4 aromatic carbocycles. The molecule has 4 bridgehead atoms. The fourth-order valence-electron chi connectivity index (χ4n) is 8.94. The summed E-state index contributed by atoms with van der Waals surface area (Å²) in [6, 6.07) is 22.4. The van der Waals surface area contributed by atoms with Gasteiger partial charge in [-0.1, -0.05) is 55.5 Å². The predicted octanol–water partition coefficient (Wildman–Crippen LogP) is 7.34. The van der Waals surface area contributed by atoms with Crippen LogP contribution in [0.1, 0.15) is 58.6 Å². The molecule has 184 valence electrons. The first-order chi connectivity index (χ1) is 18.5. The van der Waals surface area contributed by atoms with Crippen LogP contribution in [-0.2, 0) is 16.0 Å². The van der Waals surface area contributed by atoms with Gasteiger partial charge in [0.2, 0.25) is 0 Å². The normalized spacial score (nSPS) is 29.7. The van der Waals surface area contributed by atoms with Crippen molar-refractivity contribution in [1.82, 2.24) is 0 Å². The van der Waals surface area contributed by atoms with E-state index in [1.54, 1.807) is 0 Å². The Morgan fingerprint density at radius 3 is 1.79 bits per heavy atom. The van der Waals surface area contributed by atoms with Gasteiger partial charge in [-0.15, -0.1) is 0 Å². The zero-order valence-corrected chi connectivity index (χ0v) is 21.6. The fourth-order valence-corrected chi connectivity index (χ4v) is 8.94. The molecule has 0 radical (unpaired) electrons. The van der Waals surface area contributed by atoms with Gasteiger partial charge < -0.3 is 0 Å². The third kappa shape index (κ3) is 2.37. The second-order valence-electron chi connectivity index (χ2n) is 12.2. The zero-order valence-electron chi connectivity index (χ0n) is 21.6. The molecule has 2 heteroatoms. The van der Waals surface area contributed by atoms with Crippen molar-refractivity contribution in [2.45, 2.75) is 38.5 Å². The molecule has 4 aromatic rings. The summed E-state index contributed by atoms with van der Waals surface area (Å²) >= 11 is 0. The highest BCUT2D eigenvalue weighted by molar-refractivity contribution is 6.18. The summed E-state index contributed by atoms with van der Waals surface area (Å²) in [7, 11) is 0. The van der Waals surface area contributed by atoms with E-state index in [1.165, 1.54) is 54.9 Å². The minimum atomic E-state index is -0.161. The highest BCUT2D eigenvalue weighted by atomic mass is 16.1. The molecule has 1 saturated carbocycles. The summed E-state index contributed by atoms with van der Waals surface area (Å²) in [5.41, 5.74) is 9.17. The quantitative estimate of drug-likeness (QED) is 0.206. The van der Waals surface area contributed by atoms with Crippen molar-refractivity contribution in [2.24, 2.45) is 23.7 Å². The number of carbonyl (C=O) groups is 2. The lowest BCUT2D eigenvalue weighted by atomic mass is 9.54. The molecule has 0 aliphatic heterocycles. The number of hydrogen-bond acceptors (Lipinski definition) is 2. The molecule has 2 nitrogen and oxygen atoms in total. The minimum Gasteiger partial charge on any atom is -0.294 e. The Morgan fingerprint density at radius 2 is 1.24 bits per heavy atom. The molecule has 0 aromatic heterocycles. The highest BCUT2D eigenvalue weighted by Crippen LogP contribution is 2.63. The van der Waals surface area contributed by atoms with E-state index in [2.05, 4.69) is 86.7 Å². The maximum absolute atomic E-state index is 14.3. The number of rotatable bonds is 1. The summed E-state index contributed by atoms with van der Waals surface area (Å²) < 4.78 is 0. The van der Waals surface area contributed by atoms with Crippen LogP contribution in [0.3, 0.4) is 0 Å². The van der Waals surface area contributed by atoms with E-state index in [9.17, 15) is 9.59 Å². The van der Waals surface area contributed by atoms with Gasteiger partial charge in [0.25, 0.3) is 0 Å². The highest BCUT2D eigenvalue weighted by Gasteiger charge is 2.60. The first kappa shape index (κ1) is 21.2. The molecule has 0 spiro atoms. The van der Waals surface area contributed by atoms with Crippen molar-refractivity contribution in [1.29, 1.82) is 0 Å². The Hall–Kier alpha value is -3.78. The first-order valence-corrected chi connectivity index (χ1v) is 14.1. The van der Waals surface area contributed by atoms with Gasteiger partial charge in [0.1, 0.15) is 0 Å². The van der Waals surface area contributed by atoms with Crippen LogP contribution in [0.15, 0.2) is 84.0 Å². The number of Topliss-reactive ketones (excluding diaryl/α,β-unsaturated/α-hetero) is 2. The van der Waals surface area contributed by atoms with E-state index in [-0.39, 0.29) is 47.1 Å². The van der Waals surface area contributed by atoms with E-state index < -0.39 is 0 Å². The van der Waals surface area contributed by atoms with Gasteiger partial charge in [-0.05, 0) is 111 Å². The summed E-state index contributed by atoms with van der Waals surface area (Å²) in [5, 5.41) is 5.06. The molecule has 38 heavy (non-hydrogen) atoms. The largest absolute Gasteiger partial charge is 0.294 e. The Bertz CT molecular complexity index is 1870. The van der Waals surface area contributed by atoms with Crippen molar-refractivity contribution < 1.29 is 9.59 Å². The number of benzene rings is 4. The van der Waals surface area contributed by atoms with Gasteiger partial charge in [-0.2, -0.15) is 0 Å². The predicted molar refractivity (Wildman–Crippen MR) is 150 cm³/mol. The molecule has 6 aliphatic carbocycles. The van der Waals surface area contributed by atoms with E-state index in [1.807, 2.05) is 0 Å². The third-order valence-corrected chi connectivity index (χ3v) is 10.6. The van der Waals surface area contributed by atoms with Gasteiger partial charge in [-0.3, -0.25) is 9.59 Å². The average Bonchev–Trinajstić information content (AvgIpc) is 3.57. The zero-order chi connectivity index (χ0) is 25.4. The van der Waals surface area contributed by atoms with E-state index in [0.717, 1.165) is 24.0 Å². The second-order valence-corrected chi connectivity index (χ2v) is 12.2. The number of aryl methyl sites for hydroxylation is 2. The lowest BCUT2D eigenvalue weighted by Crippen LogP contribution is -2.46. The van der Waals surface area contributed by atoms with Crippen LogP contribution in [0.25, 0.3) is 21.5 Å². The van der Waals surface area contributed by atoms with Crippen LogP contribution in [0.5, 0.6) is 0 Å². The Balaban J connectivity index is 1.33. The number of hydrogen-bond donors (Lipinski definition) is 0. The second kappa shape index (κ2) is 6.99. The Morgan fingerprint density at radius 1 is 0.684 bits per heavy atom. The lowest BCUT2D eigenvalue weighted by Gasteiger charge is -2.47. The summed E-state index contributed by atoms with van der Waals surface area (Å²) in [6.45, 7) is 4.41. The van der Waals surface area contributed by atoms with Crippen molar-refractivity contribution in [3.8, 4) is 0 Å². The molecule has 6 atom stereocenters. The molecule has 0 saturated heterocycles. The van der Waals surface area contributed by atoms with Crippen LogP contribution >= 0.6 is 0 Å². The average molecular weight is 493 g/mol. The van der Waals surface area contributed by atoms with Crippen LogP contribution in [0.4, 0.5) is 0 Å². The monoisotopic (exact) mass is 492 g/mol. The fraction of sp³-hybridized carbons (Fsp3) is 0.278. The molecular weight excluding hydrogens is 464 g/mol. The van der Waals surface area contributed by atoms with Gasteiger partial charge in [0, 0.05) is 34.8 Å². The summed E-state index contributed by atoms with van der Waals surface area (Å²) in [5.74, 6) is 0.331. The number of ketones is 2. The van der Waals surface area contributed by atoms with E-state index in [4.69, 9.17) is 0 Å². The van der Waals surface area contributed by atoms with Gasteiger partial charge >= 0.3 is 0 Å². The van der Waals surface area contributed by atoms with Crippen LogP contribution in [-0.4, -0.2) is 11.6 Å². The van der Waals surface area contributed by atoms with Crippen molar-refractivity contribution in [3.63, 3.8) is 0 Å². The minimum absolute atomic E-state index is 0.148. The molecule has 1 fully saturated rings. The molecule has 0 N–H and O–H groups in total. The van der Waals surface area contributed by atoms with E-state index in [0.29, 0.717) is 0 Å². The smallest absolute Gasteiger partial charge is 0.164 e. The van der Waals surface area contributed by atoms with Crippen molar-refractivity contribution >= 4 is 33.1 Å². The molecule has 6 aliphatic rings. The van der Waals surface area contributed by atoms with Crippen molar-refractivity contribution in [3.05, 3.63) is 117 Å². The van der Waals surface area contributed by atoms with Crippen LogP contribution in [0.2, 0.25) is 0 Å². The molecule has 6 unspecified atom stereocenters. The Kier molecular flexibility index (Phi) is 3.90. The maximum Gasteiger partial charge on any atom is 0.164 e. The number of fused-ring (bicyclic) bond motifs is 7.